The van der Waals surface area contributed by atoms with Crippen molar-refractivity contribution in [3.63, 3.8) is 0 Å². The van der Waals surface area contributed by atoms with E-state index in [4.69, 9.17) is 4.74 Å². The number of nitro groups is 1. The highest BCUT2D eigenvalue weighted by Crippen LogP contribution is 2.21. The van der Waals surface area contributed by atoms with E-state index in [0.29, 0.717) is 12.2 Å². The van der Waals surface area contributed by atoms with Gasteiger partial charge in [-0.25, -0.2) is 0 Å². The van der Waals surface area contributed by atoms with E-state index in [9.17, 15) is 10.1 Å². The number of ether oxygens (including phenoxy) is 1. The number of aromatic nitrogens is 1. The van der Waals surface area contributed by atoms with Crippen LogP contribution in [0.4, 0.5) is 11.5 Å². The van der Waals surface area contributed by atoms with Gasteiger partial charge < -0.3 is 20.2 Å². The zero-order valence-electron chi connectivity index (χ0n) is 8.76. The first-order chi connectivity index (χ1) is 7.77. The molecule has 2 rings (SSSR count). The molecule has 1 aromatic heterocycles. The van der Waals surface area contributed by atoms with E-state index in [-0.39, 0.29) is 11.9 Å². The zero-order chi connectivity index (χ0) is 11.4. The Morgan fingerprint density at radius 3 is 3.25 bits per heavy atom. The molecule has 2 heterocycles. The lowest BCUT2D eigenvalue weighted by molar-refractivity contribution is -0.388. The molecule has 1 aromatic rings. The highest BCUT2D eigenvalue weighted by molar-refractivity contribution is 5.56. The maximum absolute atomic E-state index is 10.7. The third-order valence-corrected chi connectivity index (χ3v) is 2.50. The summed E-state index contributed by atoms with van der Waals surface area (Å²) in [5.74, 6) is -0.138. The summed E-state index contributed by atoms with van der Waals surface area (Å²) in [5.41, 5.74) is 0.447. The smallest absolute Gasteiger partial charge is 0.376 e. The Balaban J connectivity index is 2.00. The SMILES string of the molecule is O=[N+]([O-])c1ncccc1NCC1CCCO1. The molecule has 1 atom stereocenters. The third-order valence-electron chi connectivity index (χ3n) is 2.50. The topological polar surface area (TPSA) is 77.3 Å². The third kappa shape index (κ3) is 2.46. The first-order valence-corrected chi connectivity index (χ1v) is 5.22. The van der Waals surface area contributed by atoms with Crippen LogP contribution in [0.5, 0.6) is 0 Å². The van der Waals surface area contributed by atoms with E-state index < -0.39 is 4.92 Å². The van der Waals surface area contributed by atoms with Crippen LogP contribution >= 0.6 is 0 Å². The summed E-state index contributed by atoms with van der Waals surface area (Å²) in [6.45, 7) is 1.37. The number of pyridine rings is 1. The van der Waals surface area contributed by atoms with Crippen molar-refractivity contribution in [1.82, 2.24) is 4.98 Å². The Morgan fingerprint density at radius 1 is 1.69 bits per heavy atom. The molecular formula is C10H13N3O3. The van der Waals surface area contributed by atoms with Gasteiger partial charge in [0.1, 0.15) is 11.9 Å². The molecule has 0 amide bonds. The minimum atomic E-state index is -0.488. The van der Waals surface area contributed by atoms with Gasteiger partial charge >= 0.3 is 5.82 Å². The number of hydrogen-bond donors (Lipinski definition) is 1. The first kappa shape index (κ1) is 10.8. The Hall–Kier alpha value is -1.69. The van der Waals surface area contributed by atoms with Gasteiger partial charge in [0.25, 0.3) is 0 Å². The quantitative estimate of drug-likeness (QED) is 0.619. The second-order valence-corrected chi connectivity index (χ2v) is 3.65. The van der Waals surface area contributed by atoms with Crippen molar-refractivity contribution in [2.45, 2.75) is 18.9 Å². The lowest BCUT2D eigenvalue weighted by Gasteiger charge is -2.11. The standard InChI is InChI=1S/C10H13N3O3/c14-13(15)10-9(4-1-5-11-10)12-7-8-3-2-6-16-8/h1,4-5,8,12H,2-3,6-7H2. The molecule has 1 aliphatic rings. The van der Waals surface area contributed by atoms with Crippen LogP contribution in [-0.4, -0.2) is 29.2 Å². The summed E-state index contributed by atoms with van der Waals surface area (Å²) in [6.07, 6.45) is 3.62. The molecule has 16 heavy (non-hydrogen) atoms. The van der Waals surface area contributed by atoms with Crippen LogP contribution in [0.25, 0.3) is 0 Å². The molecule has 0 bridgehead atoms. The molecule has 1 saturated heterocycles. The van der Waals surface area contributed by atoms with Crippen molar-refractivity contribution in [3.05, 3.63) is 28.4 Å². The molecule has 0 spiro atoms. The first-order valence-electron chi connectivity index (χ1n) is 5.22. The summed E-state index contributed by atoms with van der Waals surface area (Å²) >= 11 is 0. The molecule has 0 aliphatic carbocycles. The summed E-state index contributed by atoms with van der Waals surface area (Å²) < 4.78 is 5.42. The summed E-state index contributed by atoms with van der Waals surface area (Å²) in [4.78, 5) is 13.9. The van der Waals surface area contributed by atoms with Gasteiger partial charge in [0, 0.05) is 13.2 Å². The van der Waals surface area contributed by atoms with Gasteiger partial charge in [-0.05, 0) is 34.9 Å². The molecule has 1 aliphatic heterocycles. The van der Waals surface area contributed by atoms with Crippen LogP contribution < -0.4 is 5.32 Å². The molecule has 86 valence electrons. The minimum Gasteiger partial charge on any atom is -0.376 e. The Labute approximate surface area is 92.8 Å². The second-order valence-electron chi connectivity index (χ2n) is 3.65. The van der Waals surface area contributed by atoms with E-state index in [0.717, 1.165) is 19.4 Å². The van der Waals surface area contributed by atoms with Crippen LogP contribution in [0.1, 0.15) is 12.8 Å². The average Bonchev–Trinajstić information content (AvgIpc) is 2.79. The molecule has 1 N–H and O–H groups in total. The van der Waals surface area contributed by atoms with E-state index in [1.54, 1.807) is 12.1 Å². The summed E-state index contributed by atoms with van der Waals surface area (Å²) in [5, 5.41) is 13.7. The van der Waals surface area contributed by atoms with E-state index in [2.05, 4.69) is 10.3 Å². The van der Waals surface area contributed by atoms with Crippen LogP contribution in [-0.2, 0) is 4.74 Å². The highest BCUT2D eigenvalue weighted by atomic mass is 16.6. The van der Waals surface area contributed by atoms with E-state index in [1.807, 2.05) is 0 Å². The fraction of sp³-hybridized carbons (Fsp3) is 0.500. The van der Waals surface area contributed by atoms with Gasteiger partial charge in [0.2, 0.25) is 0 Å². The summed E-state index contributed by atoms with van der Waals surface area (Å²) in [6, 6.07) is 3.32. The number of nitrogens with one attached hydrogen (secondary N) is 1. The van der Waals surface area contributed by atoms with Crippen molar-refractivity contribution >= 4 is 11.5 Å². The molecular weight excluding hydrogens is 210 g/mol. The average molecular weight is 223 g/mol. The number of anilines is 1. The second kappa shape index (κ2) is 4.89. The van der Waals surface area contributed by atoms with Gasteiger partial charge in [0.05, 0.1) is 6.10 Å². The molecule has 0 saturated carbocycles. The van der Waals surface area contributed by atoms with Crippen molar-refractivity contribution in [2.75, 3.05) is 18.5 Å². The maximum Gasteiger partial charge on any atom is 0.386 e. The van der Waals surface area contributed by atoms with Gasteiger partial charge in [-0.3, -0.25) is 0 Å². The monoisotopic (exact) mass is 223 g/mol. The van der Waals surface area contributed by atoms with Gasteiger partial charge in [-0.15, -0.1) is 0 Å². The molecule has 1 unspecified atom stereocenters. The van der Waals surface area contributed by atoms with Crippen molar-refractivity contribution in [1.29, 1.82) is 0 Å². The van der Waals surface area contributed by atoms with Crippen LogP contribution in [0, 0.1) is 10.1 Å². The Kier molecular flexibility index (Phi) is 3.31. The predicted molar refractivity (Wildman–Crippen MR) is 58.4 cm³/mol. The largest absolute Gasteiger partial charge is 0.386 e. The molecule has 0 aromatic carbocycles. The van der Waals surface area contributed by atoms with Crippen molar-refractivity contribution < 1.29 is 9.66 Å². The fourth-order valence-corrected chi connectivity index (χ4v) is 1.71. The summed E-state index contributed by atoms with van der Waals surface area (Å²) in [7, 11) is 0. The molecule has 1 fully saturated rings. The number of hydrogen-bond acceptors (Lipinski definition) is 5. The van der Waals surface area contributed by atoms with Gasteiger partial charge in [-0.1, -0.05) is 0 Å². The van der Waals surface area contributed by atoms with Gasteiger partial charge in [0.15, 0.2) is 0 Å². The highest BCUT2D eigenvalue weighted by Gasteiger charge is 2.18. The van der Waals surface area contributed by atoms with Crippen LogP contribution in [0.15, 0.2) is 18.3 Å². The Bertz CT molecular complexity index is 377. The van der Waals surface area contributed by atoms with E-state index in [1.165, 1.54) is 6.20 Å². The fourth-order valence-electron chi connectivity index (χ4n) is 1.71. The zero-order valence-corrected chi connectivity index (χ0v) is 8.76. The Morgan fingerprint density at radius 2 is 2.56 bits per heavy atom. The van der Waals surface area contributed by atoms with Crippen LogP contribution in [0.3, 0.4) is 0 Å². The molecule has 6 nitrogen and oxygen atoms in total. The van der Waals surface area contributed by atoms with Gasteiger partial charge in [-0.2, -0.15) is 0 Å². The molecule has 0 radical (unpaired) electrons. The van der Waals surface area contributed by atoms with Crippen LogP contribution in [0.2, 0.25) is 0 Å². The molecule has 6 heteroatoms. The van der Waals surface area contributed by atoms with Crippen molar-refractivity contribution in [2.24, 2.45) is 0 Å². The number of nitrogens with zero attached hydrogens (tertiary/aromatic N) is 2. The number of rotatable bonds is 4. The lowest BCUT2D eigenvalue weighted by atomic mass is 10.2. The van der Waals surface area contributed by atoms with Crippen molar-refractivity contribution in [3.8, 4) is 0 Å². The lowest BCUT2D eigenvalue weighted by Crippen LogP contribution is -2.19. The van der Waals surface area contributed by atoms with E-state index >= 15 is 0 Å². The normalized spacial score (nSPS) is 19.6. The maximum atomic E-state index is 10.7. The predicted octanol–water partition coefficient (Wildman–Crippen LogP) is 1.58. The minimum absolute atomic E-state index is 0.138.